The van der Waals surface area contributed by atoms with Crippen LogP contribution in [0.25, 0.3) is 0 Å². The summed E-state index contributed by atoms with van der Waals surface area (Å²) in [5.74, 6) is -0.238. The van der Waals surface area contributed by atoms with Crippen molar-refractivity contribution in [3.05, 3.63) is 69.5 Å². The van der Waals surface area contributed by atoms with E-state index in [0.717, 1.165) is 11.1 Å². The first-order chi connectivity index (χ1) is 9.11. The second kappa shape index (κ2) is 6.38. The summed E-state index contributed by atoms with van der Waals surface area (Å²) in [7, 11) is 1.84. The molecule has 0 heterocycles. The second-order valence-electron chi connectivity index (χ2n) is 4.31. The molecule has 1 atom stereocenters. The van der Waals surface area contributed by atoms with Gasteiger partial charge in [-0.15, -0.1) is 0 Å². The molecule has 0 aliphatic carbocycles. The Balaban J connectivity index is 2.30. The Bertz CT molecular complexity index is 552. The maximum atomic E-state index is 13.2. The van der Waals surface area contributed by atoms with Crippen molar-refractivity contribution in [1.29, 1.82) is 0 Å². The second-order valence-corrected chi connectivity index (χ2v) is 5.13. The number of benzene rings is 2. The highest BCUT2D eigenvalue weighted by atomic mass is 35.5. The molecule has 0 aromatic heterocycles. The first kappa shape index (κ1) is 14.3. The van der Waals surface area contributed by atoms with Gasteiger partial charge in [-0.2, -0.15) is 0 Å². The van der Waals surface area contributed by atoms with Gasteiger partial charge in [0.05, 0.1) is 0 Å². The van der Waals surface area contributed by atoms with E-state index in [1.165, 1.54) is 12.1 Å². The average Bonchev–Trinajstić information content (AvgIpc) is 2.37. The normalized spacial score (nSPS) is 12.4. The van der Waals surface area contributed by atoms with Gasteiger partial charge < -0.3 is 5.32 Å². The third-order valence-electron chi connectivity index (χ3n) is 3.03. The lowest BCUT2D eigenvalue weighted by Crippen LogP contribution is -2.19. The fraction of sp³-hybridized carbons (Fsp3) is 0.200. The number of nitrogens with one attached hydrogen (secondary N) is 1. The highest BCUT2D eigenvalue weighted by molar-refractivity contribution is 6.36. The molecule has 1 unspecified atom stereocenters. The monoisotopic (exact) mass is 297 g/mol. The van der Waals surface area contributed by atoms with E-state index in [9.17, 15) is 4.39 Å². The van der Waals surface area contributed by atoms with Crippen LogP contribution in [-0.2, 0) is 6.42 Å². The molecule has 0 aliphatic rings. The molecule has 0 fully saturated rings. The van der Waals surface area contributed by atoms with Crippen LogP contribution in [0.5, 0.6) is 0 Å². The quantitative estimate of drug-likeness (QED) is 0.867. The van der Waals surface area contributed by atoms with Crippen LogP contribution in [-0.4, -0.2) is 7.05 Å². The predicted octanol–water partition coefficient (Wildman–Crippen LogP) is 4.64. The average molecular weight is 298 g/mol. The van der Waals surface area contributed by atoms with E-state index in [0.29, 0.717) is 16.5 Å². The summed E-state index contributed by atoms with van der Waals surface area (Å²) in [6.45, 7) is 0. The standard InChI is InChI=1S/C15H14Cl2FN/c1-19-14(9-10-4-2-5-11(18)8-10)15-12(16)6-3-7-13(15)17/h2-8,14,19H,9H2,1H3. The van der Waals surface area contributed by atoms with Gasteiger partial charge in [0.2, 0.25) is 0 Å². The van der Waals surface area contributed by atoms with Crippen LogP contribution in [0.15, 0.2) is 42.5 Å². The van der Waals surface area contributed by atoms with Crippen LogP contribution in [0.2, 0.25) is 10.0 Å². The summed E-state index contributed by atoms with van der Waals surface area (Å²) < 4.78 is 13.2. The fourth-order valence-corrected chi connectivity index (χ4v) is 2.75. The van der Waals surface area contributed by atoms with Gasteiger partial charge in [0.1, 0.15) is 5.82 Å². The smallest absolute Gasteiger partial charge is 0.123 e. The Kier molecular flexibility index (Phi) is 4.81. The van der Waals surface area contributed by atoms with E-state index >= 15 is 0 Å². The Morgan fingerprint density at radius 3 is 2.32 bits per heavy atom. The number of likely N-dealkylation sites (N-methyl/N-ethyl adjacent to an activating group) is 1. The molecule has 0 spiro atoms. The summed E-state index contributed by atoms with van der Waals surface area (Å²) in [5.41, 5.74) is 1.74. The van der Waals surface area contributed by atoms with Crippen molar-refractivity contribution in [2.24, 2.45) is 0 Å². The van der Waals surface area contributed by atoms with Gasteiger partial charge in [0.25, 0.3) is 0 Å². The maximum Gasteiger partial charge on any atom is 0.123 e. The summed E-state index contributed by atoms with van der Waals surface area (Å²) >= 11 is 12.4. The highest BCUT2D eigenvalue weighted by Crippen LogP contribution is 2.32. The maximum absolute atomic E-state index is 13.2. The Labute approximate surface area is 122 Å². The van der Waals surface area contributed by atoms with Gasteiger partial charge in [-0.25, -0.2) is 4.39 Å². The molecule has 1 N–H and O–H groups in total. The summed E-state index contributed by atoms with van der Waals surface area (Å²) in [6.07, 6.45) is 0.623. The first-order valence-electron chi connectivity index (χ1n) is 5.97. The first-order valence-corrected chi connectivity index (χ1v) is 6.73. The van der Waals surface area contributed by atoms with Crippen LogP contribution in [0.3, 0.4) is 0 Å². The van der Waals surface area contributed by atoms with E-state index in [4.69, 9.17) is 23.2 Å². The van der Waals surface area contributed by atoms with Crippen molar-refractivity contribution in [3.8, 4) is 0 Å². The molecular weight excluding hydrogens is 284 g/mol. The number of hydrogen-bond acceptors (Lipinski definition) is 1. The topological polar surface area (TPSA) is 12.0 Å². The third-order valence-corrected chi connectivity index (χ3v) is 3.68. The van der Waals surface area contributed by atoms with Gasteiger partial charge in [-0.3, -0.25) is 0 Å². The fourth-order valence-electron chi connectivity index (χ4n) is 2.09. The molecule has 1 nitrogen and oxygen atoms in total. The molecule has 0 saturated heterocycles. The third kappa shape index (κ3) is 3.47. The predicted molar refractivity (Wildman–Crippen MR) is 78.4 cm³/mol. The Morgan fingerprint density at radius 2 is 1.74 bits per heavy atom. The lowest BCUT2D eigenvalue weighted by atomic mass is 9.99. The molecule has 100 valence electrons. The molecule has 2 aromatic rings. The van der Waals surface area contributed by atoms with Gasteiger partial charge in [0.15, 0.2) is 0 Å². The lowest BCUT2D eigenvalue weighted by Gasteiger charge is -2.19. The number of halogens is 3. The molecule has 0 bridgehead atoms. The largest absolute Gasteiger partial charge is 0.313 e. The van der Waals surface area contributed by atoms with Gasteiger partial charge in [-0.1, -0.05) is 41.4 Å². The zero-order valence-electron chi connectivity index (χ0n) is 10.5. The Morgan fingerprint density at radius 1 is 1.11 bits per heavy atom. The van der Waals surface area contributed by atoms with Gasteiger partial charge in [-0.05, 0) is 43.3 Å². The molecule has 0 radical (unpaired) electrons. The number of rotatable bonds is 4. The minimum absolute atomic E-state index is 0.0528. The minimum Gasteiger partial charge on any atom is -0.313 e. The zero-order chi connectivity index (χ0) is 13.8. The van der Waals surface area contributed by atoms with Crippen molar-refractivity contribution < 1.29 is 4.39 Å². The van der Waals surface area contributed by atoms with Crippen molar-refractivity contribution in [1.82, 2.24) is 5.32 Å². The molecular formula is C15H14Cl2FN. The van der Waals surface area contributed by atoms with Crippen LogP contribution in [0.4, 0.5) is 4.39 Å². The van der Waals surface area contributed by atoms with Crippen LogP contribution < -0.4 is 5.32 Å². The van der Waals surface area contributed by atoms with Crippen LogP contribution in [0, 0.1) is 5.82 Å². The molecule has 0 saturated carbocycles. The van der Waals surface area contributed by atoms with Crippen LogP contribution in [0.1, 0.15) is 17.2 Å². The molecule has 4 heteroatoms. The minimum atomic E-state index is -0.238. The summed E-state index contributed by atoms with van der Waals surface area (Å²) in [5, 5.41) is 4.40. The van der Waals surface area contributed by atoms with Gasteiger partial charge >= 0.3 is 0 Å². The summed E-state index contributed by atoms with van der Waals surface area (Å²) in [4.78, 5) is 0. The van der Waals surface area contributed by atoms with Gasteiger partial charge in [0, 0.05) is 21.7 Å². The van der Waals surface area contributed by atoms with Crippen molar-refractivity contribution in [2.75, 3.05) is 7.05 Å². The van der Waals surface area contributed by atoms with E-state index < -0.39 is 0 Å². The molecule has 19 heavy (non-hydrogen) atoms. The zero-order valence-corrected chi connectivity index (χ0v) is 12.0. The number of hydrogen-bond donors (Lipinski definition) is 1. The van der Waals surface area contributed by atoms with E-state index in [2.05, 4.69) is 5.32 Å². The lowest BCUT2D eigenvalue weighted by molar-refractivity contribution is 0.584. The van der Waals surface area contributed by atoms with E-state index in [1.54, 1.807) is 18.2 Å². The molecule has 0 aliphatic heterocycles. The van der Waals surface area contributed by atoms with E-state index in [-0.39, 0.29) is 11.9 Å². The summed E-state index contributed by atoms with van der Waals surface area (Å²) in [6, 6.07) is 11.9. The Hall–Kier alpha value is -1.09. The molecule has 2 aromatic carbocycles. The highest BCUT2D eigenvalue weighted by Gasteiger charge is 2.17. The van der Waals surface area contributed by atoms with E-state index in [1.807, 2.05) is 19.2 Å². The van der Waals surface area contributed by atoms with Crippen molar-refractivity contribution in [3.63, 3.8) is 0 Å². The van der Waals surface area contributed by atoms with Crippen molar-refractivity contribution >= 4 is 23.2 Å². The SMILES string of the molecule is CNC(Cc1cccc(F)c1)c1c(Cl)cccc1Cl. The molecule has 2 rings (SSSR count). The van der Waals surface area contributed by atoms with Crippen LogP contribution >= 0.6 is 23.2 Å². The molecule has 0 amide bonds. The van der Waals surface area contributed by atoms with Crippen molar-refractivity contribution in [2.45, 2.75) is 12.5 Å².